The second kappa shape index (κ2) is 8.91. The van der Waals surface area contributed by atoms with Crippen LogP contribution < -0.4 is 10.0 Å². The molecule has 1 saturated heterocycles. The van der Waals surface area contributed by atoms with Crippen molar-refractivity contribution in [2.75, 3.05) is 25.5 Å². The van der Waals surface area contributed by atoms with Crippen LogP contribution in [0.5, 0.6) is 0 Å². The quantitative estimate of drug-likeness (QED) is 0.726. The number of thiazole rings is 1. The van der Waals surface area contributed by atoms with Crippen LogP contribution in [0.15, 0.2) is 22.4 Å². The molecule has 0 spiro atoms. The van der Waals surface area contributed by atoms with E-state index in [0.29, 0.717) is 22.2 Å². The molecule has 0 radical (unpaired) electrons. The molecule has 0 aliphatic carbocycles. The number of aromatic nitrogens is 1. The third-order valence-electron chi connectivity index (χ3n) is 5.34. The molecule has 1 aromatic heterocycles. The smallest absolute Gasteiger partial charge is 0.257 e. The average molecular weight is 437 g/mol. The van der Waals surface area contributed by atoms with E-state index in [0.717, 1.165) is 30.9 Å². The van der Waals surface area contributed by atoms with Gasteiger partial charge in [-0.25, -0.2) is 18.1 Å². The second-order valence-electron chi connectivity index (χ2n) is 7.70. The number of anilines is 1. The molecule has 1 amide bonds. The highest BCUT2D eigenvalue weighted by Crippen LogP contribution is 2.24. The largest absolute Gasteiger partial charge is 0.298 e. The lowest BCUT2D eigenvalue weighted by Crippen LogP contribution is -2.33. The molecule has 29 heavy (non-hydrogen) atoms. The van der Waals surface area contributed by atoms with Crippen molar-refractivity contribution >= 4 is 32.4 Å². The molecule has 2 aromatic rings. The Bertz CT molecular complexity index is 1000. The molecular weight excluding hydrogens is 408 g/mol. The second-order valence-corrected chi connectivity index (χ2v) is 10.4. The first-order valence-corrected chi connectivity index (χ1v) is 12.1. The zero-order valence-electron chi connectivity index (χ0n) is 17.3. The molecule has 2 N–H and O–H groups in total. The molecule has 0 bridgehead atoms. The molecule has 1 aliphatic rings. The maximum atomic E-state index is 12.7. The first-order chi connectivity index (χ1) is 13.7. The van der Waals surface area contributed by atoms with Crippen LogP contribution in [0.25, 0.3) is 0 Å². The van der Waals surface area contributed by atoms with Crippen molar-refractivity contribution in [3.8, 4) is 0 Å². The van der Waals surface area contributed by atoms with E-state index in [-0.39, 0.29) is 10.8 Å². The summed E-state index contributed by atoms with van der Waals surface area (Å²) in [5.41, 5.74) is 2.61. The molecule has 9 heteroatoms. The number of hydrogen-bond donors (Lipinski definition) is 2. The van der Waals surface area contributed by atoms with Crippen molar-refractivity contribution in [1.29, 1.82) is 0 Å². The van der Waals surface area contributed by atoms with Gasteiger partial charge < -0.3 is 0 Å². The van der Waals surface area contributed by atoms with E-state index >= 15 is 0 Å². The predicted octanol–water partition coefficient (Wildman–Crippen LogP) is 3.15. The summed E-state index contributed by atoms with van der Waals surface area (Å²) in [7, 11) is -2.29. The lowest BCUT2D eigenvalue weighted by atomic mass is 10.0. The van der Waals surface area contributed by atoms with Gasteiger partial charge in [-0.1, -0.05) is 6.92 Å². The SMILES string of the molecule is CNS(=O)(=O)c1cc(C(=O)Nc2nc(CN3CCCC(C)C3)cs2)cc(C)c1C. The van der Waals surface area contributed by atoms with E-state index < -0.39 is 10.0 Å². The van der Waals surface area contributed by atoms with Crippen LogP contribution in [0.4, 0.5) is 5.13 Å². The molecule has 0 saturated carbocycles. The molecule has 1 aromatic carbocycles. The summed E-state index contributed by atoms with van der Waals surface area (Å²) in [5, 5.41) is 5.29. The van der Waals surface area contributed by atoms with E-state index in [1.165, 1.54) is 37.3 Å². The van der Waals surface area contributed by atoms with Crippen molar-refractivity contribution < 1.29 is 13.2 Å². The molecule has 3 rings (SSSR count). The predicted molar refractivity (Wildman–Crippen MR) is 116 cm³/mol. The van der Waals surface area contributed by atoms with E-state index in [1.807, 2.05) is 5.38 Å². The maximum absolute atomic E-state index is 12.7. The van der Waals surface area contributed by atoms with Crippen LogP contribution >= 0.6 is 11.3 Å². The van der Waals surface area contributed by atoms with Gasteiger partial charge in [0.1, 0.15) is 0 Å². The van der Waals surface area contributed by atoms with Crippen molar-refractivity contribution in [1.82, 2.24) is 14.6 Å². The van der Waals surface area contributed by atoms with Gasteiger partial charge in [-0.3, -0.25) is 15.0 Å². The normalized spacial score (nSPS) is 18.0. The van der Waals surface area contributed by atoms with Crippen LogP contribution in [-0.4, -0.2) is 44.3 Å². The van der Waals surface area contributed by atoms with Crippen LogP contribution in [0.3, 0.4) is 0 Å². The minimum atomic E-state index is -3.65. The lowest BCUT2D eigenvalue weighted by molar-refractivity contribution is 0.102. The fourth-order valence-corrected chi connectivity index (χ4v) is 5.38. The Morgan fingerprint density at radius 3 is 2.79 bits per heavy atom. The molecule has 1 fully saturated rings. The zero-order chi connectivity index (χ0) is 21.2. The van der Waals surface area contributed by atoms with E-state index in [1.54, 1.807) is 19.9 Å². The number of carbonyl (C=O) groups is 1. The maximum Gasteiger partial charge on any atom is 0.257 e. The fraction of sp³-hybridized carbons (Fsp3) is 0.500. The Kier molecular flexibility index (Phi) is 6.72. The number of hydrogen-bond acceptors (Lipinski definition) is 6. The van der Waals surface area contributed by atoms with Crippen LogP contribution in [-0.2, 0) is 16.6 Å². The molecule has 7 nitrogen and oxygen atoms in total. The molecule has 1 unspecified atom stereocenters. The van der Waals surface area contributed by atoms with Gasteiger partial charge >= 0.3 is 0 Å². The standard InChI is InChI=1S/C20H28N4O3S2/c1-13-6-5-7-24(10-13)11-17-12-28-20(22-17)23-19(25)16-8-14(2)15(3)18(9-16)29(26,27)21-4/h8-9,12-13,21H,5-7,10-11H2,1-4H3,(H,22,23,25). The summed E-state index contributed by atoms with van der Waals surface area (Å²) in [4.78, 5) is 19.8. The minimum Gasteiger partial charge on any atom is -0.298 e. The highest BCUT2D eigenvalue weighted by molar-refractivity contribution is 7.89. The number of benzene rings is 1. The van der Waals surface area contributed by atoms with Gasteiger partial charge in [0.2, 0.25) is 10.0 Å². The Morgan fingerprint density at radius 2 is 2.10 bits per heavy atom. The van der Waals surface area contributed by atoms with Crippen molar-refractivity contribution in [2.45, 2.75) is 45.1 Å². The Labute approximate surface area is 176 Å². The Morgan fingerprint density at radius 1 is 1.34 bits per heavy atom. The average Bonchev–Trinajstić information content (AvgIpc) is 3.10. The van der Waals surface area contributed by atoms with E-state index in [4.69, 9.17) is 0 Å². The first kappa shape index (κ1) is 21.9. The number of piperidine rings is 1. The van der Waals surface area contributed by atoms with Gasteiger partial charge in [-0.05, 0) is 69.5 Å². The lowest BCUT2D eigenvalue weighted by Gasteiger charge is -2.30. The molecular formula is C20H28N4O3S2. The Balaban J connectivity index is 1.73. The Hall–Kier alpha value is -1.81. The monoisotopic (exact) mass is 436 g/mol. The molecule has 158 valence electrons. The van der Waals surface area contributed by atoms with E-state index in [9.17, 15) is 13.2 Å². The number of carbonyl (C=O) groups excluding carboxylic acids is 1. The topological polar surface area (TPSA) is 91.4 Å². The van der Waals surface area contributed by atoms with Crippen LogP contribution in [0, 0.1) is 19.8 Å². The number of likely N-dealkylation sites (tertiary alicyclic amines) is 1. The first-order valence-electron chi connectivity index (χ1n) is 9.72. The van der Waals surface area contributed by atoms with Gasteiger partial charge in [-0.2, -0.15) is 0 Å². The minimum absolute atomic E-state index is 0.115. The van der Waals surface area contributed by atoms with Crippen molar-refractivity contribution in [3.05, 3.63) is 39.9 Å². The summed E-state index contributed by atoms with van der Waals surface area (Å²) >= 11 is 1.38. The molecule has 2 heterocycles. The van der Waals surface area contributed by atoms with Gasteiger partial charge in [0.25, 0.3) is 5.91 Å². The molecule has 1 atom stereocenters. The van der Waals surface area contributed by atoms with Gasteiger partial charge in [0, 0.05) is 24.0 Å². The summed E-state index contributed by atoms with van der Waals surface area (Å²) in [6.07, 6.45) is 2.48. The summed E-state index contributed by atoms with van der Waals surface area (Å²) in [5.74, 6) is 0.336. The number of rotatable bonds is 6. The number of amides is 1. The zero-order valence-corrected chi connectivity index (χ0v) is 18.9. The van der Waals surface area contributed by atoms with Crippen LogP contribution in [0.2, 0.25) is 0 Å². The summed E-state index contributed by atoms with van der Waals surface area (Å²) in [6, 6.07) is 3.11. The third-order valence-corrected chi connectivity index (χ3v) is 7.69. The third kappa shape index (κ3) is 5.22. The van der Waals surface area contributed by atoms with Gasteiger partial charge in [0.15, 0.2) is 5.13 Å². The summed E-state index contributed by atoms with van der Waals surface area (Å²) in [6.45, 7) is 8.73. The van der Waals surface area contributed by atoms with Gasteiger partial charge in [-0.15, -0.1) is 11.3 Å². The van der Waals surface area contributed by atoms with Crippen molar-refractivity contribution in [2.24, 2.45) is 5.92 Å². The fourth-order valence-electron chi connectivity index (χ4n) is 3.61. The van der Waals surface area contributed by atoms with Crippen molar-refractivity contribution in [3.63, 3.8) is 0 Å². The number of nitrogens with one attached hydrogen (secondary N) is 2. The number of nitrogens with zero attached hydrogens (tertiary/aromatic N) is 2. The molecule has 1 aliphatic heterocycles. The summed E-state index contributed by atoms with van der Waals surface area (Å²) < 4.78 is 26.8. The highest BCUT2D eigenvalue weighted by atomic mass is 32.2. The highest BCUT2D eigenvalue weighted by Gasteiger charge is 2.21. The number of aryl methyl sites for hydroxylation is 1. The number of sulfonamides is 1. The van der Waals surface area contributed by atoms with Crippen LogP contribution in [0.1, 0.15) is 46.9 Å². The van der Waals surface area contributed by atoms with Gasteiger partial charge in [0.05, 0.1) is 10.6 Å². The van der Waals surface area contributed by atoms with E-state index in [2.05, 4.69) is 26.8 Å².